The van der Waals surface area contributed by atoms with Crippen molar-refractivity contribution in [3.8, 4) is 0 Å². The van der Waals surface area contributed by atoms with Crippen molar-refractivity contribution in [3.05, 3.63) is 54.1 Å². The quantitative estimate of drug-likeness (QED) is 0.564. The summed E-state index contributed by atoms with van der Waals surface area (Å²) in [5, 5.41) is 0. The summed E-state index contributed by atoms with van der Waals surface area (Å²) in [6.45, 7) is 5.49. The lowest BCUT2D eigenvalue weighted by molar-refractivity contribution is -0.0302. The summed E-state index contributed by atoms with van der Waals surface area (Å²) < 4.78 is 16.2. The van der Waals surface area contributed by atoms with Crippen LogP contribution in [0.15, 0.2) is 42.9 Å². The standard InChI is InChI=1S/C18H22N2O5/c1-13(2)10-23-18(22)25-12-24-17(21)16-9-19-11-20(16)14(3)15-7-5-4-6-8-15/h4-9,11,13-14H,10,12H2,1-3H3/t14-/m1/s1. The second-order valence-corrected chi connectivity index (χ2v) is 5.92. The number of carbonyl (C=O) groups excluding carboxylic acids is 2. The van der Waals surface area contributed by atoms with Gasteiger partial charge in [-0.2, -0.15) is 0 Å². The summed E-state index contributed by atoms with van der Waals surface area (Å²) in [6.07, 6.45) is 2.11. The summed E-state index contributed by atoms with van der Waals surface area (Å²) in [6, 6.07) is 9.62. The molecule has 2 rings (SSSR count). The summed E-state index contributed by atoms with van der Waals surface area (Å²) >= 11 is 0. The normalized spacial score (nSPS) is 11.8. The summed E-state index contributed by atoms with van der Waals surface area (Å²) in [5.74, 6) is -0.430. The molecule has 0 saturated heterocycles. The van der Waals surface area contributed by atoms with Gasteiger partial charge in [0.15, 0.2) is 0 Å². The average molecular weight is 346 g/mol. The van der Waals surface area contributed by atoms with E-state index in [2.05, 4.69) is 4.98 Å². The Kier molecular flexibility index (Phi) is 6.56. The van der Waals surface area contributed by atoms with E-state index in [1.165, 1.54) is 6.20 Å². The fourth-order valence-corrected chi connectivity index (χ4v) is 2.14. The molecule has 1 aromatic carbocycles. The van der Waals surface area contributed by atoms with Gasteiger partial charge in [0.05, 0.1) is 25.2 Å². The van der Waals surface area contributed by atoms with Gasteiger partial charge in [0.2, 0.25) is 6.79 Å². The molecule has 0 spiro atoms. The van der Waals surface area contributed by atoms with Crippen molar-refractivity contribution < 1.29 is 23.8 Å². The molecular formula is C18H22N2O5. The number of rotatable bonds is 7. The molecule has 7 nitrogen and oxygen atoms in total. The van der Waals surface area contributed by atoms with E-state index in [1.807, 2.05) is 51.1 Å². The van der Waals surface area contributed by atoms with E-state index in [0.29, 0.717) is 0 Å². The van der Waals surface area contributed by atoms with E-state index in [1.54, 1.807) is 10.9 Å². The van der Waals surface area contributed by atoms with Gasteiger partial charge in [0.25, 0.3) is 0 Å². The highest BCUT2D eigenvalue weighted by Gasteiger charge is 2.18. The first-order chi connectivity index (χ1) is 12.0. The number of aromatic nitrogens is 2. The van der Waals surface area contributed by atoms with E-state index in [0.717, 1.165) is 5.56 Å². The van der Waals surface area contributed by atoms with E-state index in [-0.39, 0.29) is 24.3 Å². The first-order valence-electron chi connectivity index (χ1n) is 8.02. The minimum Gasteiger partial charge on any atom is -0.434 e. The van der Waals surface area contributed by atoms with Gasteiger partial charge in [0, 0.05) is 0 Å². The Labute approximate surface area is 146 Å². The van der Waals surface area contributed by atoms with Crippen LogP contribution in [0.4, 0.5) is 4.79 Å². The predicted molar refractivity (Wildman–Crippen MR) is 90.0 cm³/mol. The number of ether oxygens (including phenoxy) is 3. The Hall–Kier alpha value is -2.83. The molecule has 1 atom stereocenters. The molecule has 7 heteroatoms. The zero-order valence-electron chi connectivity index (χ0n) is 14.5. The third-order valence-electron chi connectivity index (χ3n) is 3.48. The molecule has 1 aromatic heterocycles. The fourth-order valence-electron chi connectivity index (χ4n) is 2.14. The first-order valence-corrected chi connectivity index (χ1v) is 8.02. The van der Waals surface area contributed by atoms with Crippen molar-refractivity contribution in [3.63, 3.8) is 0 Å². The van der Waals surface area contributed by atoms with Gasteiger partial charge in [-0.25, -0.2) is 14.6 Å². The maximum atomic E-state index is 12.2. The van der Waals surface area contributed by atoms with Crippen LogP contribution in [0.5, 0.6) is 0 Å². The molecule has 0 aliphatic heterocycles. The highest BCUT2D eigenvalue weighted by molar-refractivity contribution is 5.87. The number of carbonyl (C=O) groups is 2. The van der Waals surface area contributed by atoms with Crippen molar-refractivity contribution in [2.45, 2.75) is 26.8 Å². The molecule has 0 unspecified atom stereocenters. The lowest BCUT2D eigenvalue weighted by atomic mass is 10.1. The Balaban J connectivity index is 1.91. The molecule has 0 saturated carbocycles. The topological polar surface area (TPSA) is 79.7 Å². The summed E-state index contributed by atoms with van der Waals surface area (Å²) in [4.78, 5) is 27.5. The molecule has 0 aliphatic carbocycles. The molecule has 25 heavy (non-hydrogen) atoms. The predicted octanol–water partition coefficient (Wildman–Crippen LogP) is 3.42. The maximum Gasteiger partial charge on any atom is 0.511 e. The average Bonchev–Trinajstić information content (AvgIpc) is 3.09. The van der Waals surface area contributed by atoms with Crippen LogP contribution < -0.4 is 0 Å². The number of hydrogen-bond donors (Lipinski definition) is 0. The number of esters is 1. The molecule has 0 amide bonds. The van der Waals surface area contributed by atoms with Crippen molar-refractivity contribution in [1.82, 2.24) is 9.55 Å². The molecule has 1 heterocycles. The third kappa shape index (κ3) is 5.34. The minimum atomic E-state index is -0.868. The van der Waals surface area contributed by atoms with Gasteiger partial charge in [-0.15, -0.1) is 0 Å². The van der Waals surface area contributed by atoms with Crippen molar-refractivity contribution in [2.24, 2.45) is 5.92 Å². The zero-order valence-corrected chi connectivity index (χ0v) is 14.5. The van der Waals surface area contributed by atoms with Crippen LogP contribution in [0.2, 0.25) is 0 Å². The van der Waals surface area contributed by atoms with Crippen molar-refractivity contribution in [1.29, 1.82) is 0 Å². The number of hydrogen-bond acceptors (Lipinski definition) is 6. The number of imidazole rings is 1. The molecule has 134 valence electrons. The monoisotopic (exact) mass is 346 g/mol. The van der Waals surface area contributed by atoms with E-state index < -0.39 is 18.9 Å². The molecule has 0 fully saturated rings. The third-order valence-corrected chi connectivity index (χ3v) is 3.48. The molecule has 0 radical (unpaired) electrons. The highest BCUT2D eigenvalue weighted by Crippen LogP contribution is 2.19. The minimum absolute atomic E-state index is 0.0943. The van der Waals surface area contributed by atoms with Gasteiger partial charge in [0.1, 0.15) is 5.69 Å². The fraction of sp³-hybridized carbons (Fsp3) is 0.389. The largest absolute Gasteiger partial charge is 0.511 e. The van der Waals surface area contributed by atoms with Gasteiger partial charge in [-0.3, -0.25) is 0 Å². The molecule has 2 aromatic rings. The number of benzene rings is 1. The maximum absolute atomic E-state index is 12.2. The zero-order chi connectivity index (χ0) is 18.2. The van der Waals surface area contributed by atoms with Gasteiger partial charge >= 0.3 is 12.1 Å². The van der Waals surface area contributed by atoms with E-state index in [9.17, 15) is 9.59 Å². The van der Waals surface area contributed by atoms with Crippen LogP contribution >= 0.6 is 0 Å². The Morgan fingerprint density at radius 1 is 1.08 bits per heavy atom. The lowest BCUT2D eigenvalue weighted by Gasteiger charge is -2.16. The number of nitrogens with zero attached hydrogens (tertiary/aromatic N) is 2. The second kappa shape index (κ2) is 8.86. The Bertz CT molecular complexity index is 697. The van der Waals surface area contributed by atoms with Crippen molar-refractivity contribution in [2.75, 3.05) is 13.4 Å². The van der Waals surface area contributed by atoms with Gasteiger partial charge in [-0.1, -0.05) is 44.2 Å². The van der Waals surface area contributed by atoms with Crippen LogP contribution in [0.1, 0.15) is 42.9 Å². The lowest BCUT2D eigenvalue weighted by Crippen LogP contribution is -2.19. The second-order valence-electron chi connectivity index (χ2n) is 5.92. The van der Waals surface area contributed by atoms with Crippen LogP contribution in [0.25, 0.3) is 0 Å². The SMILES string of the molecule is CC(C)COC(=O)OCOC(=O)c1cncn1[C@H](C)c1ccccc1. The first kappa shape index (κ1) is 18.5. The molecular weight excluding hydrogens is 324 g/mol. The molecule has 0 N–H and O–H groups in total. The van der Waals surface area contributed by atoms with E-state index in [4.69, 9.17) is 14.2 Å². The summed E-state index contributed by atoms with van der Waals surface area (Å²) in [5.41, 5.74) is 1.30. The molecule has 0 aliphatic rings. The molecule has 0 bridgehead atoms. The smallest absolute Gasteiger partial charge is 0.434 e. The highest BCUT2D eigenvalue weighted by atomic mass is 16.8. The van der Waals surface area contributed by atoms with E-state index >= 15 is 0 Å². The van der Waals surface area contributed by atoms with Crippen LogP contribution in [0.3, 0.4) is 0 Å². The Morgan fingerprint density at radius 2 is 1.80 bits per heavy atom. The Morgan fingerprint density at radius 3 is 2.48 bits per heavy atom. The van der Waals surface area contributed by atoms with Gasteiger partial charge < -0.3 is 18.8 Å². The summed E-state index contributed by atoms with van der Waals surface area (Å²) in [7, 11) is 0. The van der Waals surface area contributed by atoms with Crippen molar-refractivity contribution >= 4 is 12.1 Å². The van der Waals surface area contributed by atoms with Crippen LogP contribution in [-0.4, -0.2) is 35.1 Å². The van der Waals surface area contributed by atoms with Gasteiger partial charge in [-0.05, 0) is 18.4 Å². The van der Waals surface area contributed by atoms with Crippen LogP contribution in [-0.2, 0) is 14.2 Å². The van der Waals surface area contributed by atoms with Crippen LogP contribution in [0, 0.1) is 5.92 Å².